The summed E-state index contributed by atoms with van der Waals surface area (Å²) < 4.78 is 25.0. The fraction of sp³-hybridized carbons (Fsp3) is 0.100. The van der Waals surface area contributed by atoms with Gasteiger partial charge in [0, 0.05) is 23.5 Å². The lowest BCUT2D eigenvalue weighted by molar-refractivity contribution is 0.149. The molecule has 0 unspecified atom stereocenters. The summed E-state index contributed by atoms with van der Waals surface area (Å²) in [6, 6.07) is 27.3. The lowest BCUT2D eigenvalue weighted by Gasteiger charge is -2.25. The van der Waals surface area contributed by atoms with Crippen molar-refractivity contribution in [2.24, 2.45) is 0 Å². The summed E-state index contributed by atoms with van der Waals surface area (Å²) >= 11 is 0. The molecule has 3 heteroatoms. The summed E-state index contributed by atoms with van der Waals surface area (Å²) in [5.41, 5.74) is 3.64. The fourth-order valence-electron chi connectivity index (χ4n) is 2.56. The molecule has 0 aliphatic carbocycles. The number of hydrogen-bond donors (Lipinski definition) is 0. The molecule has 0 atom stereocenters. The van der Waals surface area contributed by atoms with E-state index in [1.54, 1.807) is 12.1 Å². The van der Waals surface area contributed by atoms with Crippen molar-refractivity contribution >= 4 is 17.1 Å². The SMILES string of the molecule is FC(F)Cc1ccc(N(c2ccccc2)c2ccccc2)cc1. The van der Waals surface area contributed by atoms with E-state index in [1.807, 2.05) is 72.8 Å². The molecule has 1 nitrogen and oxygen atoms in total. The molecule has 0 aliphatic heterocycles. The van der Waals surface area contributed by atoms with Gasteiger partial charge in [-0.15, -0.1) is 0 Å². The maximum Gasteiger partial charge on any atom is 0.242 e. The van der Waals surface area contributed by atoms with Crippen molar-refractivity contribution in [1.29, 1.82) is 0 Å². The van der Waals surface area contributed by atoms with Crippen LogP contribution in [0.4, 0.5) is 25.8 Å². The molecule has 23 heavy (non-hydrogen) atoms. The van der Waals surface area contributed by atoms with Crippen LogP contribution in [0.3, 0.4) is 0 Å². The van der Waals surface area contributed by atoms with Crippen molar-refractivity contribution in [2.75, 3.05) is 4.90 Å². The molecule has 0 saturated heterocycles. The van der Waals surface area contributed by atoms with Gasteiger partial charge in [-0.05, 0) is 42.0 Å². The Balaban J connectivity index is 1.99. The van der Waals surface area contributed by atoms with Gasteiger partial charge in [-0.1, -0.05) is 48.5 Å². The second kappa shape index (κ2) is 7.05. The van der Waals surface area contributed by atoms with Crippen molar-refractivity contribution in [3.63, 3.8) is 0 Å². The van der Waals surface area contributed by atoms with E-state index < -0.39 is 6.43 Å². The monoisotopic (exact) mass is 309 g/mol. The van der Waals surface area contributed by atoms with Gasteiger partial charge < -0.3 is 4.90 Å². The minimum atomic E-state index is -2.32. The van der Waals surface area contributed by atoms with Crippen LogP contribution in [0.25, 0.3) is 0 Å². The topological polar surface area (TPSA) is 3.24 Å². The van der Waals surface area contributed by atoms with E-state index >= 15 is 0 Å². The summed E-state index contributed by atoms with van der Waals surface area (Å²) in [7, 11) is 0. The first-order valence-corrected chi connectivity index (χ1v) is 7.51. The molecule has 3 rings (SSSR count). The lowest BCUT2D eigenvalue weighted by Crippen LogP contribution is -2.09. The first-order valence-electron chi connectivity index (χ1n) is 7.51. The highest BCUT2D eigenvalue weighted by molar-refractivity contribution is 5.76. The Morgan fingerprint density at radius 3 is 1.48 bits per heavy atom. The van der Waals surface area contributed by atoms with Crippen LogP contribution < -0.4 is 4.90 Å². The van der Waals surface area contributed by atoms with E-state index in [9.17, 15) is 8.78 Å². The van der Waals surface area contributed by atoms with Crippen LogP contribution in [-0.4, -0.2) is 6.43 Å². The summed E-state index contributed by atoms with van der Waals surface area (Å²) in [5, 5.41) is 0. The third-order valence-electron chi connectivity index (χ3n) is 3.61. The average Bonchev–Trinajstić information content (AvgIpc) is 2.58. The molecule has 0 radical (unpaired) electrons. The van der Waals surface area contributed by atoms with Gasteiger partial charge in [0.2, 0.25) is 6.43 Å². The zero-order chi connectivity index (χ0) is 16.1. The summed E-state index contributed by atoms with van der Waals surface area (Å²) in [5.74, 6) is 0. The number of anilines is 3. The molecule has 0 aliphatic rings. The van der Waals surface area contributed by atoms with E-state index in [1.165, 1.54) is 0 Å². The number of halogens is 2. The molecular weight excluding hydrogens is 292 g/mol. The molecule has 0 fully saturated rings. The smallest absolute Gasteiger partial charge is 0.242 e. The van der Waals surface area contributed by atoms with Gasteiger partial charge in [0.25, 0.3) is 0 Å². The predicted molar refractivity (Wildman–Crippen MR) is 90.8 cm³/mol. The van der Waals surface area contributed by atoms with Crippen LogP contribution in [0, 0.1) is 0 Å². The van der Waals surface area contributed by atoms with Crippen LogP contribution in [0.1, 0.15) is 5.56 Å². The number of hydrogen-bond acceptors (Lipinski definition) is 1. The summed E-state index contributed by atoms with van der Waals surface area (Å²) in [4.78, 5) is 2.10. The van der Waals surface area contributed by atoms with Crippen LogP contribution in [0.15, 0.2) is 84.9 Å². The highest BCUT2D eigenvalue weighted by Crippen LogP contribution is 2.34. The van der Waals surface area contributed by atoms with E-state index in [0.29, 0.717) is 5.56 Å². The quantitative estimate of drug-likeness (QED) is 0.561. The Morgan fingerprint density at radius 2 is 1.04 bits per heavy atom. The molecule has 0 bridgehead atoms. The third kappa shape index (κ3) is 3.75. The molecule has 0 aromatic heterocycles. The number of benzene rings is 3. The first-order chi connectivity index (χ1) is 11.2. The zero-order valence-electron chi connectivity index (χ0n) is 12.6. The largest absolute Gasteiger partial charge is 0.311 e. The van der Waals surface area contributed by atoms with Gasteiger partial charge in [-0.25, -0.2) is 8.78 Å². The molecule has 3 aromatic carbocycles. The maximum atomic E-state index is 12.5. The highest BCUT2D eigenvalue weighted by Gasteiger charge is 2.12. The summed E-state index contributed by atoms with van der Waals surface area (Å²) in [6.07, 6.45) is -2.53. The number of rotatable bonds is 5. The Morgan fingerprint density at radius 1 is 0.609 bits per heavy atom. The predicted octanol–water partition coefficient (Wildman–Crippen LogP) is 5.96. The maximum absolute atomic E-state index is 12.5. The van der Waals surface area contributed by atoms with Crippen LogP contribution in [-0.2, 0) is 6.42 Å². The molecule has 3 aromatic rings. The molecular formula is C20H17F2N. The van der Waals surface area contributed by atoms with E-state index in [0.717, 1.165) is 17.1 Å². The van der Waals surface area contributed by atoms with Gasteiger partial charge in [0.1, 0.15) is 0 Å². The van der Waals surface area contributed by atoms with Crippen LogP contribution in [0.2, 0.25) is 0 Å². The Labute approximate surface area is 134 Å². The molecule has 0 heterocycles. The van der Waals surface area contributed by atoms with Crippen LogP contribution >= 0.6 is 0 Å². The van der Waals surface area contributed by atoms with Crippen LogP contribution in [0.5, 0.6) is 0 Å². The van der Waals surface area contributed by atoms with Crippen molar-refractivity contribution in [1.82, 2.24) is 0 Å². The Kier molecular flexibility index (Phi) is 4.67. The Hall–Kier alpha value is -2.68. The van der Waals surface area contributed by atoms with E-state index in [2.05, 4.69) is 4.90 Å². The molecule has 0 spiro atoms. The number of nitrogens with zero attached hydrogens (tertiary/aromatic N) is 1. The number of para-hydroxylation sites is 2. The van der Waals surface area contributed by atoms with Gasteiger partial charge >= 0.3 is 0 Å². The van der Waals surface area contributed by atoms with Gasteiger partial charge in [-0.2, -0.15) is 0 Å². The Bertz CT molecular complexity index is 685. The van der Waals surface area contributed by atoms with Crippen molar-refractivity contribution in [3.8, 4) is 0 Å². The molecule has 0 saturated carbocycles. The summed E-state index contributed by atoms with van der Waals surface area (Å²) in [6.45, 7) is 0. The van der Waals surface area contributed by atoms with Gasteiger partial charge in [0.15, 0.2) is 0 Å². The minimum Gasteiger partial charge on any atom is -0.311 e. The molecule has 116 valence electrons. The molecule has 0 amide bonds. The standard InChI is InChI=1S/C20H17F2N/c21-20(22)15-16-11-13-19(14-12-16)23(17-7-3-1-4-8-17)18-9-5-2-6-10-18/h1-14,20H,15H2. The minimum absolute atomic E-state index is 0.211. The van der Waals surface area contributed by atoms with Gasteiger partial charge in [0.05, 0.1) is 0 Å². The first kappa shape index (κ1) is 15.2. The number of alkyl halides is 2. The molecule has 0 N–H and O–H groups in total. The van der Waals surface area contributed by atoms with Gasteiger partial charge in [-0.3, -0.25) is 0 Å². The van der Waals surface area contributed by atoms with Crippen molar-refractivity contribution in [2.45, 2.75) is 12.8 Å². The van der Waals surface area contributed by atoms with E-state index in [4.69, 9.17) is 0 Å². The van der Waals surface area contributed by atoms with E-state index in [-0.39, 0.29) is 6.42 Å². The van der Waals surface area contributed by atoms with Crippen molar-refractivity contribution < 1.29 is 8.78 Å². The normalized spacial score (nSPS) is 10.7. The highest BCUT2D eigenvalue weighted by atomic mass is 19.3. The van der Waals surface area contributed by atoms with Crippen molar-refractivity contribution in [3.05, 3.63) is 90.5 Å². The second-order valence-corrected chi connectivity index (χ2v) is 5.27. The fourth-order valence-corrected chi connectivity index (χ4v) is 2.56. The zero-order valence-corrected chi connectivity index (χ0v) is 12.6. The lowest BCUT2D eigenvalue weighted by atomic mass is 10.1. The third-order valence-corrected chi connectivity index (χ3v) is 3.61. The second-order valence-electron chi connectivity index (χ2n) is 5.27. The average molecular weight is 309 g/mol.